The second-order valence-corrected chi connectivity index (χ2v) is 6.16. The number of benzene rings is 1. The van der Waals surface area contributed by atoms with Crippen molar-refractivity contribution >= 4 is 11.9 Å². The molecule has 1 aliphatic rings. The van der Waals surface area contributed by atoms with Crippen LogP contribution in [0.4, 0.5) is 4.39 Å². The quantitative estimate of drug-likeness (QED) is 0.903. The second-order valence-electron chi connectivity index (χ2n) is 6.16. The normalized spacial score (nSPS) is 12.9. The minimum Gasteiger partial charge on any atom is -0.480 e. The molecule has 0 aliphatic heterocycles. The number of aromatic nitrogens is 2. The summed E-state index contributed by atoms with van der Waals surface area (Å²) in [4.78, 5) is 25.0. The number of fused-ring (bicyclic) bond motifs is 1. The van der Waals surface area contributed by atoms with Crippen molar-refractivity contribution in [2.75, 3.05) is 13.1 Å². The van der Waals surface area contributed by atoms with Crippen molar-refractivity contribution in [3.8, 4) is 5.69 Å². The van der Waals surface area contributed by atoms with Crippen LogP contribution >= 0.6 is 0 Å². The highest BCUT2D eigenvalue weighted by molar-refractivity contribution is 5.96. The largest absolute Gasteiger partial charge is 0.480 e. The third-order valence-corrected chi connectivity index (χ3v) is 4.53. The maximum absolute atomic E-state index is 14.4. The van der Waals surface area contributed by atoms with Crippen molar-refractivity contribution in [3.63, 3.8) is 0 Å². The first kappa shape index (κ1) is 17.1. The Bertz CT molecular complexity index is 824. The maximum atomic E-state index is 14.4. The van der Waals surface area contributed by atoms with Crippen LogP contribution in [0.15, 0.2) is 18.2 Å². The molecular weight excluding hydrogens is 325 g/mol. The minimum absolute atomic E-state index is 0.234. The molecule has 0 saturated heterocycles. The third kappa shape index (κ3) is 3.01. The molecule has 0 saturated carbocycles. The van der Waals surface area contributed by atoms with Gasteiger partial charge < -0.3 is 10.0 Å². The number of carbonyl (C=O) groups is 2. The highest BCUT2D eigenvalue weighted by atomic mass is 19.1. The van der Waals surface area contributed by atoms with E-state index in [1.54, 1.807) is 26.0 Å². The van der Waals surface area contributed by atoms with Crippen LogP contribution < -0.4 is 0 Å². The Kier molecular flexibility index (Phi) is 4.57. The second kappa shape index (κ2) is 6.66. The molecule has 1 aromatic heterocycles. The first-order chi connectivity index (χ1) is 11.9. The van der Waals surface area contributed by atoms with Crippen molar-refractivity contribution in [3.05, 3.63) is 46.5 Å². The number of carboxylic acid groups (broad SMARTS) is 1. The smallest absolute Gasteiger partial charge is 0.323 e. The molecule has 7 heteroatoms. The third-order valence-electron chi connectivity index (χ3n) is 4.53. The van der Waals surface area contributed by atoms with E-state index in [0.717, 1.165) is 23.2 Å². The van der Waals surface area contributed by atoms with Crippen LogP contribution in [-0.4, -0.2) is 44.8 Å². The van der Waals surface area contributed by atoms with Crippen molar-refractivity contribution < 1.29 is 19.1 Å². The van der Waals surface area contributed by atoms with Crippen LogP contribution in [0.5, 0.6) is 0 Å². The number of nitrogens with zero attached hydrogens (tertiary/aromatic N) is 3. The Balaban J connectivity index is 2.09. The fraction of sp³-hybridized carbons (Fsp3) is 0.389. The van der Waals surface area contributed by atoms with Gasteiger partial charge in [0, 0.05) is 17.8 Å². The van der Waals surface area contributed by atoms with Gasteiger partial charge in [0.15, 0.2) is 5.69 Å². The number of aryl methyl sites for hydroxylation is 1. The highest BCUT2D eigenvalue weighted by Gasteiger charge is 2.30. The molecule has 1 aliphatic carbocycles. The van der Waals surface area contributed by atoms with E-state index in [9.17, 15) is 14.0 Å². The zero-order chi connectivity index (χ0) is 18.1. The van der Waals surface area contributed by atoms with Gasteiger partial charge in [0.1, 0.15) is 18.0 Å². The summed E-state index contributed by atoms with van der Waals surface area (Å²) in [7, 11) is 0. The number of halogens is 1. The molecule has 1 aromatic carbocycles. The number of likely N-dealkylation sites (N-methyl/N-ethyl adjacent to an activating group) is 1. The van der Waals surface area contributed by atoms with Gasteiger partial charge in [-0.15, -0.1) is 0 Å². The minimum atomic E-state index is -1.07. The van der Waals surface area contributed by atoms with Crippen LogP contribution in [-0.2, 0) is 17.6 Å². The van der Waals surface area contributed by atoms with E-state index in [1.807, 2.05) is 0 Å². The Labute approximate surface area is 144 Å². The highest BCUT2D eigenvalue weighted by Crippen LogP contribution is 2.30. The molecule has 3 rings (SSSR count). The number of carbonyl (C=O) groups excluding carboxylic acids is 1. The molecular formula is C18H20FN3O3. The van der Waals surface area contributed by atoms with E-state index in [0.29, 0.717) is 18.5 Å². The first-order valence-corrected chi connectivity index (χ1v) is 8.31. The lowest BCUT2D eigenvalue weighted by Crippen LogP contribution is -2.36. The van der Waals surface area contributed by atoms with Crippen LogP contribution in [0.1, 0.15) is 40.7 Å². The molecule has 2 aromatic rings. The number of amides is 1. The predicted molar refractivity (Wildman–Crippen MR) is 89.5 cm³/mol. The number of hydrogen-bond acceptors (Lipinski definition) is 3. The summed E-state index contributed by atoms with van der Waals surface area (Å²) >= 11 is 0. The number of rotatable bonds is 5. The van der Waals surface area contributed by atoms with Gasteiger partial charge in [0.2, 0.25) is 0 Å². The number of para-hydroxylation sites is 1. The molecule has 0 spiro atoms. The monoisotopic (exact) mass is 345 g/mol. The fourth-order valence-corrected chi connectivity index (χ4v) is 3.33. The first-order valence-electron chi connectivity index (χ1n) is 8.31. The summed E-state index contributed by atoms with van der Waals surface area (Å²) < 4.78 is 15.9. The summed E-state index contributed by atoms with van der Waals surface area (Å²) in [6.07, 6.45) is 2.27. The van der Waals surface area contributed by atoms with Gasteiger partial charge in [-0.05, 0) is 44.7 Å². The topological polar surface area (TPSA) is 75.4 Å². The van der Waals surface area contributed by atoms with Crippen LogP contribution in [0.3, 0.4) is 0 Å². The zero-order valence-corrected chi connectivity index (χ0v) is 14.3. The molecule has 25 heavy (non-hydrogen) atoms. The van der Waals surface area contributed by atoms with Crippen LogP contribution in [0.25, 0.3) is 5.69 Å². The average Bonchev–Trinajstić information content (AvgIpc) is 3.15. The van der Waals surface area contributed by atoms with Crippen molar-refractivity contribution in [1.82, 2.24) is 14.7 Å². The molecule has 6 nitrogen and oxygen atoms in total. The molecule has 1 heterocycles. The Morgan fingerprint density at radius 3 is 2.76 bits per heavy atom. The molecule has 132 valence electrons. The lowest BCUT2D eigenvalue weighted by atomic mass is 10.1. The van der Waals surface area contributed by atoms with Crippen molar-refractivity contribution in [2.45, 2.75) is 33.1 Å². The molecule has 1 amide bonds. The SMILES string of the molecule is CCN(CC(=O)O)C(=O)c1nn(-c2c(C)cccc2F)c2c1CCC2. The zero-order valence-electron chi connectivity index (χ0n) is 14.3. The van der Waals surface area contributed by atoms with Gasteiger partial charge in [-0.1, -0.05) is 12.1 Å². The molecule has 1 N–H and O–H groups in total. The average molecular weight is 345 g/mol. The van der Waals surface area contributed by atoms with Gasteiger partial charge in [-0.3, -0.25) is 9.59 Å². The number of aliphatic carboxylic acids is 1. The standard InChI is InChI=1S/C18H20FN3O3/c1-3-21(10-15(23)24)18(25)16-12-7-5-9-14(12)22(20-16)17-11(2)6-4-8-13(17)19/h4,6,8H,3,5,7,9-10H2,1-2H3,(H,23,24). The lowest BCUT2D eigenvalue weighted by molar-refractivity contribution is -0.137. The summed E-state index contributed by atoms with van der Waals surface area (Å²) in [5.74, 6) is -1.89. The van der Waals surface area contributed by atoms with E-state index in [-0.39, 0.29) is 18.8 Å². The number of carboxylic acids is 1. The summed E-state index contributed by atoms with van der Waals surface area (Å²) in [6.45, 7) is 3.41. The van der Waals surface area contributed by atoms with E-state index in [2.05, 4.69) is 5.10 Å². The Morgan fingerprint density at radius 1 is 1.36 bits per heavy atom. The number of hydrogen-bond donors (Lipinski definition) is 1. The van der Waals surface area contributed by atoms with Crippen molar-refractivity contribution in [1.29, 1.82) is 0 Å². The molecule has 0 unspecified atom stereocenters. The van der Waals surface area contributed by atoms with Crippen LogP contribution in [0, 0.1) is 12.7 Å². The summed E-state index contributed by atoms with van der Waals surface area (Å²) in [5, 5.41) is 13.4. The molecule has 0 radical (unpaired) electrons. The maximum Gasteiger partial charge on any atom is 0.323 e. The molecule has 0 atom stereocenters. The van der Waals surface area contributed by atoms with Gasteiger partial charge in [0.05, 0.1) is 0 Å². The van der Waals surface area contributed by atoms with E-state index < -0.39 is 17.7 Å². The lowest BCUT2D eigenvalue weighted by Gasteiger charge is -2.17. The van der Waals surface area contributed by atoms with Crippen molar-refractivity contribution in [2.24, 2.45) is 0 Å². The van der Waals surface area contributed by atoms with E-state index in [1.165, 1.54) is 15.6 Å². The fourth-order valence-electron chi connectivity index (χ4n) is 3.33. The molecule has 0 fully saturated rings. The summed E-state index contributed by atoms with van der Waals surface area (Å²) in [5.41, 5.74) is 2.95. The van der Waals surface area contributed by atoms with Gasteiger partial charge >= 0.3 is 5.97 Å². The van der Waals surface area contributed by atoms with Gasteiger partial charge in [-0.2, -0.15) is 5.10 Å². The van der Waals surface area contributed by atoms with Crippen LogP contribution in [0.2, 0.25) is 0 Å². The van der Waals surface area contributed by atoms with E-state index >= 15 is 0 Å². The van der Waals surface area contributed by atoms with Gasteiger partial charge in [-0.25, -0.2) is 9.07 Å². The van der Waals surface area contributed by atoms with Gasteiger partial charge in [0.25, 0.3) is 5.91 Å². The predicted octanol–water partition coefficient (Wildman–Crippen LogP) is 2.36. The Morgan fingerprint density at radius 2 is 2.12 bits per heavy atom. The summed E-state index contributed by atoms with van der Waals surface area (Å²) in [6, 6.07) is 4.80. The Hall–Kier alpha value is -2.70. The molecule has 0 bridgehead atoms. The van der Waals surface area contributed by atoms with E-state index in [4.69, 9.17) is 5.11 Å².